The maximum absolute atomic E-state index is 13.5. The molecule has 0 radical (unpaired) electrons. The van der Waals surface area contributed by atoms with E-state index in [9.17, 15) is 24.0 Å². The van der Waals surface area contributed by atoms with Gasteiger partial charge >= 0.3 is 5.97 Å². The first-order valence-electron chi connectivity index (χ1n) is 17.2. The number of aldehydes is 1. The summed E-state index contributed by atoms with van der Waals surface area (Å²) in [6.45, 7) is 1.38. The Bertz CT molecular complexity index is 1660. The summed E-state index contributed by atoms with van der Waals surface area (Å²) in [5.74, 6) is -0.106. The van der Waals surface area contributed by atoms with E-state index < -0.39 is 30.0 Å². The topological polar surface area (TPSA) is 183 Å². The van der Waals surface area contributed by atoms with Gasteiger partial charge in [0.15, 0.2) is 0 Å². The fourth-order valence-electron chi connectivity index (χ4n) is 5.95. The lowest BCUT2D eigenvalue weighted by Gasteiger charge is -2.27. The maximum Gasteiger partial charge on any atom is 0.328 e. The Hall–Kier alpha value is -5.31. The Morgan fingerprint density at radius 1 is 1.00 bits per heavy atom. The number of nitrogens with zero attached hydrogens (tertiary/aromatic N) is 4. The number of methoxy groups -OCH3 is 1. The third-order valence-corrected chi connectivity index (χ3v) is 8.81. The predicted molar refractivity (Wildman–Crippen MR) is 184 cm³/mol. The fraction of sp³-hybridized carbons (Fsp3) is 0.472. The number of carbonyl (C=O) groups is 5. The number of benzene rings is 2. The number of hydrogen-bond donors (Lipinski definition) is 3. The lowest BCUT2D eigenvalue weighted by molar-refractivity contribution is -0.145. The van der Waals surface area contributed by atoms with Gasteiger partial charge in [-0.05, 0) is 62.1 Å². The van der Waals surface area contributed by atoms with Crippen LogP contribution in [0.1, 0.15) is 53.7 Å². The molecule has 3 N–H and O–H groups in total. The lowest BCUT2D eigenvalue weighted by Crippen LogP contribution is -2.50. The van der Waals surface area contributed by atoms with E-state index in [0.717, 1.165) is 31.1 Å². The molecule has 15 heteroatoms. The number of carbonyl (C=O) groups excluding carboxylic acids is 5. The van der Waals surface area contributed by atoms with Crippen LogP contribution in [-0.2, 0) is 43.5 Å². The Morgan fingerprint density at radius 2 is 1.78 bits per heavy atom. The third kappa shape index (κ3) is 10.6. The SMILES string of the molecule is CNCC(=O)NC(Cc1ccc(OCCn2cc(COc3ccccc3C(=O)NC(CC3CC3)C(=O)N3CCCC3C=O)nn2)cc1)C(=O)OC. The van der Waals surface area contributed by atoms with Gasteiger partial charge in [0, 0.05) is 13.0 Å². The van der Waals surface area contributed by atoms with Crippen LogP contribution in [0.3, 0.4) is 0 Å². The molecule has 2 aliphatic rings. The molecule has 2 heterocycles. The molecule has 1 aliphatic heterocycles. The highest BCUT2D eigenvalue weighted by atomic mass is 16.5. The van der Waals surface area contributed by atoms with Crippen molar-refractivity contribution in [1.82, 2.24) is 35.8 Å². The van der Waals surface area contributed by atoms with Crippen LogP contribution in [0.4, 0.5) is 0 Å². The molecule has 5 rings (SSSR count). The van der Waals surface area contributed by atoms with E-state index >= 15 is 0 Å². The highest BCUT2D eigenvalue weighted by molar-refractivity contribution is 6.00. The maximum atomic E-state index is 13.5. The van der Waals surface area contributed by atoms with Crippen molar-refractivity contribution in [3.05, 3.63) is 71.5 Å². The second kappa shape index (κ2) is 18.1. The first-order valence-corrected chi connectivity index (χ1v) is 17.2. The van der Waals surface area contributed by atoms with Crippen molar-refractivity contribution < 1.29 is 38.2 Å². The number of aromatic nitrogens is 3. The van der Waals surface area contributed by atoms with E-state index in [-0.39, 0.29) is 31.4 Å². The number of ether oxygens (including phenoxy) is 3. The molecule has 3 unspecified atom stereocenters. The van der Waals surface area contributed by atoms with E-state index in [2.05, 4.69) is 26.3 Å². The molecular formula is C36H45N7O8. The molecule has 1 aliphatic carbocycles. The molecule has 2 aromatic carbocycles. The van der Waals surface area contributed by atoms with Crippen molar-refractivity contribution in [1.29, 1.82) is 0 Å². The Balaban J connectivity index is 1.10. The Labute approximate surface area is 296 Å². The molecule has 3 amide bonds. The highest BCUT2D eigenvalue weighted by Crippen LogP contribution is 2.34. The Kier molecular flexibility index (Phi) is 13.1. The molecule has 1 aromatic heterocycles. The fourth-order valence-corrected chi connectivity index (χ4v) is 5.95. The van der Waals surface area contributed by atoms with Crippen LogP contribution in [0.25, 0.3) is 0 Å². The molecule has 1 saturated heterocycles. The second-order valence-corrected chi connectivity index (χ2v) is 12.7. The molecular weight excluding hydrogens is 658 g/mol. The van der Waals surface area contributed by atoms with Crippen LogP contribution in [0.2, 0.25) is 0 Å². The summed E-state index contributed by atoms with van der Waals surface area (Å²) in [5.41, 5.74) is 1.67. The molecule has 15 nitrogen and oxygen atoms in total. The smallest absolute Gasteiger partial charge is 0.328 e. The van der Waals surface area contributed by atoms with Crippen molar-refractivity contribution in [3.63, 3.8) is 0 Å². The van der Waals surface area contributed by atoms with Gasteiger partial charge in [-0.2, -0.15) is 0 Å². The summed E-state index contributed by atoms with van der Waals surface area (Å²) in [6, 6.07) is 12.1. The zero-order chi connectivity index (χ0) is 36.2. The molecule has 272 valence electrons. The number of likely N-dealkylation sites (N-methyl/N-ethyl adjacent to an activating group) is 1. The van der Waals surface area contributed by atoms with Gasteiger partial charge in [0.25, 0.3) is 5.91 Å². The van der Waals surface area contributed by atoms with Crippen molar-refractivity contribution in [2.24, 2.45) is 5.92 Å². The predicted octanol–water partition coefficient (Wildman–Crippen LogP) is 1.44. The zero-order valence-electron chi connectivity index (χ0n) is 28.9. The number of amides is 3. The summed E-state index contributed by atoms with van der Waals surface area (Å²) >= 11 is 0. The first kappa shape index (κ1) is 37.0. The first-order chi connectivity index (χ1) is 24.8. The average molecular weight is 704 g/mol. The summed E-state index contributed by atoms with van der Waals surface area (Å²) in [6.07, 6.45) is 6.82. The molecule has 3 atom stereocenters. The van der Waals surface area contributed by atoms with Crippen LogP contribution in [0.5, 0.6) is 11.5 Å². The number of rotatable bonds is 19. The standard InChI is InChI=1S/C36H45N7O8/c1-37-20-33(45)38-31(36(48)49-2)19-25-11-13-28(14-12-25)50-17-16-42-21-26(40-41-42)23-51-32-8-4-3-7-29(32)34(46)39-30(18-24-9-10-24)35(47)43-15-5-6-27(43)22-44/h3-4,7-8,11-14,21-22,24,27,30-31,37H,5-6,9-10,15-20,23H2,1-2H3,(H,38,45)(H,39,46). The van der Waals surface area contributed by atoms with Gasteiger partial charge < -0.3 is 39.9 Å². The van der Waals surface area contributed by atoms with Gasteiger partial charge in [-0.15, -0.1) is 5.10 Å². The molecule has 0 spiro atoms. The molecule has 3 aromatic rings. The monoisotopic (exact) mass is 703 g/mol. The van der Waals surface area contributed by atoms with Crippen molar-refractivity contribution >= 4 is 30.0 Å². The molecule has 51 heavy (non-hydrogen) atoms. The van der Waals surface area contributed by atoms with Gasteiger partial charge in [0.05, 0.1) is 38.0 Å². The lowest BCUT2D eigenvalue weighted by atomic mass is 10.1. The average Bonchev–Trinajstić information content (AvgIpc) is 3.62. The Morgan fingerprint density at radius 3 is 2.51 bits per heavy atom. The quantitative estimate of drug-likeness (QED) is 0.121. The van der Waals surface area contributed by atoms with Gasteiger partial charge in [-0.25, -0.2) is 9.48 Å². The van der Waals surface area contributed by atoms with E-state index in [1.165, 1.54) is 7.11 Å². The van der Waals surface area contributed by atoms with Gasteiger partial charge in [-0.1, -0.05) is 42.3 Å². The number of hydrogen-bond acceptors (Lipinski definition) is 11. The minimum Gasteiger partial charge on any atom is -0.492 e. The van der Waals surface area contributed by atoms with E-state index in [4.69, 9.17) is 14.2 Å². The summed E-state index contributed by atoms with van der Waals surface area (Å²) in [7, 11) is 2.93. The third-order valence-electron chi connectivity index (χ3n) is 8.81. The van der Waals surface area contributed by atoms with Crippen molar-refractivity contribution in [2.75, 3.05) is 33.9 Å². The molecule has 1 saturated carbocycles. The molecule has 0 bridgehead atoms. The van der Waals surface area contributed by atoms with Crippen LogP contribution in [0, 0.1) is 5.92 Å². The van der Waals surface area contributed by atoms with Crippen LogP contribution >= 0.6 is 0 Å². The number of nitrogens with one attached hydrogen (secondary N) is 3. The van der Waals surface area contributed by atoms with Crippen molar-refractivity contribution in [3.8, 4) is 11.5 Å². The summed E-state index contributed by atoms with van der Waals surface area (Å²) in [4.78, 5) is 64.1. The summed E-state index contributed by atoms with van der Waals surface area (Å²) in [5, 5.41) is 16.7. The van der Waals surface area contributed by atoms with Crippen molar-refractivity contribution in [2.45, 2.75) is 69.8 Å². The van der Waals surface area contributed by atoms with Crippen LogP contribution in [0.15, 0.2) is 54.7 Å². The van der Waals surface area contributed by atoms with E-state index in [1.54, 1.807) is 59.2 Å². The van der Waals surface area contributed by atoms with Crippen LogP contribution in [-0.4, -0.2) is 102 Å². The van der Waals surface area contributed by atoms with Gasteiger partial charge in [-0.3, -0.25) is 14.4 Å². The van der Waals surface area contributed by atoms with Gasteiger partial charge in [0.1, 0.15) is 48.8 Å². The minimum atomic E-state index is -0.809. The molecule has 2 fully saturated rings. The van der Waals surface area contributed by atoms with Gasteiger partial charge in [0.2, 0.25) is 11.8 Å². The second-order valence-electron chi connectivity index (χ2n) is 12.7. The number of likely N-dealkylation sites (tertiary alicyclic amines) is 1. The number of esters is 1. The number of para-hydroxylation sites is 1. The minimum absolute atomic E-state index is 0.0633. The summed E-state index contributed by atoms with van der Waals surface area (Å²) < 4.78 is 18.3. The van der Waals surface area contributed by atoms with Crippen LogP contribution < -0.4 is 25.4 Å². The van der Waals surface area contributed by atoms with E-state index in [1.807, 2.05) is 12.1 Å². The highest BCUT2D eigenvalue weighted by Gasteiger charge is 2.37. The normalized spacial score (nSPS) is 16.5. The largest absolute Gasteiger partial charge is 0.492 e. The van der Waals surface area contributed by atoms with E-state index in [0.29, 0.717) is 61.2 Å². The zero-order valence-corrected chi connectivity index (χ0v) is 28.9.